The summed E-state index contributed by atoms with van der Waals surface area (Å²) in [6.07, 6.45) is 6.57. The zero-order valence-electron chi connectivity index (χ0n) is 11.7. The van der Waals surface area contributed by atoms with E-state index in [1.807, 2.05) is 11.8 Å². The Morgan fingerprint density at radius 2 is 2.33 bits per heavy atom. The maximum Gasteiger partial charge on any atom is 0.156 e. The van der Waals surface area contributed by atoms with Gasteiger partial charge < -0.3 is 10.1 Å². The molecule has 0 aromatic heterocycles. The molecule has 1 N–H and O–H groups in total. The molecular weight excluding hydrogens is 244 g/mol. The number of hydrogen-bond acceptors (Lipinski definition) is 3. The molecule has 2 heterocycles. The Labute approximate surface area is 115 Å². The van der Waals surface area contributed by atoms with Gasteiger partial charge in [-0.25, -0.2) is 0 Å². The van der Waals surface area contributed by atoms with Gasteiger partial charge in [-0.1, -0.05) is 25.6 Å². The zero-order valence-corrected chi connectivity index (χ0v) is 12.5. The van der Waals surface area contributed by atoms with Crippen LogP contribution in [0.25, 0.3) is 0 Å². The molecule has 2 saturated heterocycles. The van der Waals surface area contributed by atoms with Crippen LogP contribution in [0.3, 0.4) is 0 Å². The number of thioether (sulfide) groups is 1. The Balaban J connectivity index is 1.64. The molecule has 2 rings (SSSR count). The van der Waals surface area contributed by atoms with Crippen molar-refractivity contribution in [2.45, 2.75) is 58.1 Å². The first-order chi connectivity index (χ1) is 8.74. The van der Waals surface area contributed by atoms with Crippen molar-refractivity contribution in [3.8, 4) is 0 Å². The number of nitrogens with zero attached hydrogens (tertiary/aromatic N) is 1. The summed E-state index contributed by atoms with van der Waals surface area (Å²) in [5.74, 6) is 1.94. The molecule has 0 saturated carbocycles. The number of nitrogens with one attached hydrogen (secondary N) is 1. The molecule has 0 aromatic carbocycles. The van der Waals surface area contributed by atoms with E-state index in [0.717, 1.165) is 30.7 Å². The Hall–Kier alpha value is -0.220. The topological polar surface area (TPSA) is 33.6 Å². The third-order valence-corrected chi connectivity index (χ3v) is 4.57. The van der Waals surface area contributed by atoms with Crippen molar-refractivity contribution in [2.75, 3.05) is 18.9 Å². The van der Waals surface area contributed by atoms with Crippen molar-refractivity contribution in [1.82, 2.24) is 5.32 Å². The van der Waals surface area contributed by atoms with Gasteiger partial charge in [0.2, 0.25) is 0 Å². The van der Waals surface area contributed by atoms with Crippen LogP contribution in [0.5, 0.6) is 0 Å². The lowest BCUT2D eigenvalue weighted by molar-refractivity contribution is 0.0129. The summed E-state index contributed by atoms with van der Waals surface area (Å²) in [5.41, 5.74) is 0. The van der Waals surface area contributed by atoms with Gasteiger partial charge in [-0.2, -0.15) is 0 Å². The van der Waals surface area contributed by atoms with E-state index in [4.69, 9.17) is 4.74 Å². The van der Waals surface area contributed by atoms with Crippen molar-refractivity contribution >= 4 is 16.9 Å². The van der Waals surface area contributed by atoms with E-state index in [1.54, 1.807) is 0 Å². The average molecular weight is 270 g/mol. The highest BCUT2D eigenvalue weighted by Crippen LogP contribution is 2.20. The van der Waals surface area contributed by atoms with Gasteiger partial charge in [-0.05, 0) is 38.0 Å². The fourth-order valence-electron chi connectivity index (χ4n) is 2.57. The highest BCUT2D eigenvalue weighted by Gasteiger charge is 2.21. The van der Waals surface area contributed by atoms with Crippen LogP contribution in [-0.4, -0.2) is 36.2 Å². The van der Waals surface area contributed by atoms with Crippen molar-refractivity contribution < 1.29 is 4.74 Å². The molecule has 0 amide bonds. The van der Waals surface area contributed by atoms with Crippen molar-refractivity contribution in [2.24, 2.45) is 10.9 Å². The number of ether oxygens (including phenoxy) is 1. The molecule has 0 aromatic rings. The van der Waals surface area contributed by atoms with Gasteiger partial charge in [0.15, 0.2) is 5.17 Å². The molecule has 0 radical (unpaired) electrons. The quantitative estimate of drug-likeness (QED) is 0.833. The maximum absolute atomic E-state index is 5.72. The molecular formula is C14H26N2OS. The number of aliphatic imine (C=N–C) groups is 1. The first-order valence-electron chi connectivity index (χ1n) is 7.29. The van der Waals surface area contributed by atoms with Gasteiger partial charge in [0.05, 0.1) is 6.10 Å². The lowest BCUT2D eigenvalue weighted by atomic mass is 10.1. The predicted molar refractivity (Wildman–Crippen MR) is 79.3 cm³/mol. The lowest BCUT2D eigenvalue weighted by Crippen LogP contribution is -2.28. The Bertz CT molecular complexity index is 275. The number of rotatable bonds is 5. The standard InChI is InChI=1S/C14H26N2OS/c1-11(2)9-12-10-18-14(16-12)15-7-6-13-5-3-4-8-17-13/h11-13H,3-10H2,1-2H3,(H,15,16). The SMILES string of the molecule is CC(C)CC1CSC(=NCCC2CCCCO2)N1. The summed E-state index contributed by atoms with van der Waals surface area (Å²) in [6.45, 7) is 6.42. The van der Waals surface area contributed by atoms with E-state index in [-0.39, 0.29) is 0 Å². The van der Waals surface area contributed by atoms with Crippen molar-refractivity contribution in [3.05, 3.63) is 0 Å². The fraction of sp³-hybridized carbons (Fsp3) is 0.929. The van der Waals surface area contributed by atoms with Crippen LogP contribution in [0.15, 0.2) is 4.99 Å². The smallest absolute Gasteiger partial charge is 0.156 e. The normalized spacial score (nSPS) is 30.9. The molecule has 2 atom stereocenters. The highest BCUT2D eigenvalue weighted by molar-refractivity contribution is 8.14. The number of amidine groups is 1. The summed E-state index contributed by atoms with van der Waals surface area (Å²) in [7, 11) is 0. The minimum atomic E-state index is 0.459. The Morgan fingerprint density at radius 1 is 1.44 bits per heavy atom. The molecule has 2 fully saturated rings. The Morgan fingerprint density at radius 3 is 3.06 bits per heavy atom. The van der Waals surface area contributed by atoms with Gasteiger partial charge in [-0.3, -0.25) is 4.99 Å². The molecule has 2 aliphatic rings. The van der Waals surface area contributed by atoms with Gasteiger partial charge in [0.25, 0.3) is 0 Å². The molecule has 3 nitrogen and oxygen atoms in total. The lowest BCUT2D eigenvalue weighted by Gasteiger charge is -2.21. The zero-order chi connectivity index (χ0) is 12.8. The van der Waals surface area contributed by atoms with Crippen LogP contribution in [0, 0.1) is 5.92 Å². The summed E-state index contributed by atoms with van der Waals surface area (Å²) >= 11 is 1.88. The van der Waals surface area contributed by atoms with E-state index in [1.165, 1.54) is 31.4 Å². The largest absolute Gasteiger partial charge is 0.378 e. The third-order valence-electron chi connectivity index (χ3n) is 3.49. The maximum atomic E-state index is 5.72. The van der Waals surface area contributed by atoms with Crippen molar-refractivity contribution in [3.63, 3.8) is 0 Å². The highest BCUT2D eigenvalue weighted by atomic mass is 32.2. The molecule has 4 heteroatoms. The summed E-state index contributed by atoms with van der Waals surface area (Å²) in [6, 6.07) is 0.625. The summed E-state index contributed by atoms with van der Waals surface area (Å²) in [5, 5.41) is 4.68. The minimum Gasteiger partial charge on any atom is -0.378 e. The van der Waals surface area contributed by atoms with E-state index >= 15 is 0 Å². The van der Waals surface area contributed by atoms with Crippen LogP contribution in [0.1, 0.15) is 46.0 Å². The number of hydrogen-bond donors (Lipinski definition) is 1. The van der Waals surface area contributed by atoms with E-state index in [9.17, 15) is 0 Å². The molecule has 2 unspecified atom stereocenters. The monoisotopic (exact) mass is 270 g/mol. The average Bonchev–Trinajstić information content (AvgIpc) is 2.77. The predicted octanol–water partition coefficient (Wildman–Crippen LogP) is 3.05. The van der Waals surface area contributed by atoms with E-state index in [2.05, 4.69) is 24.2 Å². The molecule has 18 heavy (non-hydrogen) atoms. The van der Waals surface area contributed by atoms with Gasteiger partial charge in [0.1, 0.15) is 0 Å². The second-order valence-electron chi connectivity index (χ2n) is 5.75. The molecule has 2 aliphatic heterocycles. The van der Waals surface area contributed by atoms with Gasteiger partial charge in [-0.15, -0.1) is 0 Å². The molecule has 0 spiro atoms. The summed E-state index contributed by atoms with van der Waals surface area (Å²) in [4.78, 5) is 4.66. The van der Waals surface area contributed by atoms with Gasteiger partial charge in [0, 0.05) is 24.9 Å². The molecule has 0 aliphatic carbocycles. The Kier molecular flexibility index (Phi) is 5.83. The second-order valence-corrected chi connectivity index (χ2v) is 6.75. The van der Waals surface area contributed by atoms with Crippen LogP contribution < -0.4 is 5.32 Å². The third kappa shape index (κ3) is 4.81. The van der Waals surface area contributed by atoms with Crippen molar-refractivity contribution in [1.29, 1.82) is 0 Å². The van der Waals surface area contributed by atoms with Crippen LogP contribution in [-0.2, 0) is 4.74 Å². The molecule has 0 bridgehead atoms. The van der Waals surface area contributed by atoms with Crippen LogP contribution >= 0.6 is 11.8 Å². The van der Waals surface area contributed by atoms with E-state index < -0.39 is 0 Å². The minimum absolute atomic E-state index is 0.459. The van der Waals surface area contributed by atoms with E-state index in [0.29, 0.717) is 12.1 Å². The molecule has 104 valence electrons. The first-order valence-corrected chi connectivity index (χ1v) is 8.28. The van der Waals surface area contributed by atoms with Crippen LogP contribution in [0.4, 0.5) is 0 Å². The first kappa shape index (κ1) is 14.2. The van der Waals surface area contributed by atoms with Gasteiger partial charge >= 0.3 is 0 Å². The van der Waals surface area contributed by atoms with Crippen LogP contribution in [0.2, 0.25) is 0 Å². The second kappa shape index (κ2) is 7.39. The summed E-state index contributed by atoms with van der Waals surface area (Å²) < 4.78 is 5.72. The fourth-order valence-corrected chi connectivity index (χ4v) is 3.58.